The van der Waals surface area contributed by atoms with Gasteiger partial charge in [0.05, 0.1) is 23.1 Å². The molecule has 1 fully saturated rings. The van der Waals surface area contributed by atoms with Gasteiger partial charge in [-0.25, -0.2) is 4.98 Å². The molecule has 24 heavy (non-hydrogen) atoms. The molecule has 8 heteroatoms. The number of aromatic nitrogens is 3. The zero-order chi connectivity index (χ0) is 16.8. The van der Waals surface area contributed by atoms with Crippen LogP contribution in [0.1, 0.15) is 35.5 Å². The van der Waals surface area contributed by atoms with Crippen LogP contribution in [0, 0.1) is 6.92 Å². The highest BCUT2D eigenvalue weighted by Crippen LogP contribution is 2.42. The van der Waals surface area contributed by atoms with Crippen LogP contribution in [0.15, 0.2) is 17.5 Å². The Kier molecular flexibility index (Phi) is 4.07. The number of rotatable bonds is 3. The second-order valence-corrected chi connectivity index (χ2v) is 8.26. The summed E-state index contributed by atoms with van der Waals surface area (Å²) in [5.41, 5.74) is 0. The maximum Gasteiger partial charge on any atom is 0.230 e. The number of hydrogen-bond acceptors (Lipinski definition) is 7. The van der Waals surface area contributed by atoms with Crippen molar-refractivity contribution < 1.29 is 9.84 Å². The number of aryl methyl sites for hydroxylation is 1. The maximum absolute atomic E-state index is 10.8. The summed E-state index contributed by atoms with van der Waals surface area (Å²) in [6.07, 6.45) is 0.338. The molecular weight excluding hydrogens is 344 g/mol. The fraction of sp³-hybridized carbons (Fsp3) is 0.500. The van der Waals surface area contributed by atoms with Gasteiger partial charge in [-0.05, 0) is 32.2 Å². The molecule has 0 bridgehead atoms. The van der Waals surface area contributed by atoms with Gasteiger partial charge in [-0.15, -0.1) is 16.4 Å². The van der Waals surface area contributed by atoms with E-state index in [0.717, 1.165) is 22.9 Å². The Morgan fingerprint density at radius 2 is 2.08 bits per heavy atom. The Labute approximate surface area is 148 Å². The Morgan fingerprint density at radius 1 is 1.33 bits per heavy atom. The van der Waals surface area contributed by atoms with Crippen LogP contribution >= 0.6 is 22.7 Å². The van der Waals surface area contributed by atoms with E-state index in [-0.39, 0.29) is 24.1 Å². The summed E-state index contributed by atoms with van der Waals surface area (Å²) in [6.45, 7) is 7.69. The summed E-state index contributed by atoms with van der Waals surface area (Å²) in [4.78, 5) is 9.64. The fourth-order valence-corrected chi connectivity index (χ4v) is 5.47. The Bertz CT molecular complexity index is 832. The first-order valence-electron chi connectivity index (χ1n) is 8.01. The van der Waals surface area contributed by atoms with Crippen molar-refractivity contribution in [1.82, 2.24) is 19.5 Å². The molecule has 0 spiro atoms. The first-order chi connectivity index (χ1) is 11.5. The first kappa shape index (κ1) is 16.0. The predicted octanol–water partition coefficient (Wildman–Crippen LogP) is 3.06. The molecule has 3 aromatic rings. The average molecular weight is 364 g/mol. The second kappa shape index (κ2) is 6.11. The second-order valence-electron chi connectivity index (χ2n) is 6.27. The van der Waals surface area contributed by atoms with Crippen molar-refractivity contribution in [2.75, 3.05) is 13.1 Å². The van der Waals surface area contributed by atoms with E-state index in [2.05, 4.69) is 46.3 Å². The Balaban J connectivity index is 1.80. The Morgan fingerprint density at radius 3 is 2.71 bits per heavy atom. The summed E-state index contributed by atoms with van der Waals surface area (Å²) in [7, 11) is 0. The molecular formula is C16H20N4O2S2. The topological polar surface area (TPSA) is 62.9 Å². The van der Waals surface area contributed by atoms with E-state index in [4.69, 9.17) is 4.74 Å². The molecule has 128 valence electrons. The molecule has 3 unspecified atom stereocenters. The quantitative estimate of drug-likeness (QED) is 0.774. The zero-order valence-corrected chi connectivity index (χ0v) is 15.5. The molecule has 0 aliphatic carbocycles. The van der Waals surface area contributed by atoms with E-state index in [1.807, 2.05) is 6.92 Å². The molecule has 3 atom stereocenters. The van der Waals surface area contributed by atoms with Gasteiger partial charge in [0.2, 0.25) is 10.8 Å². The van der Waals surface area contributed by atoms with E-state index < -0.39 is 0 Å². The lowest BCUT2D eigenvalue weighted by Crippen LogP contribution is -2.46. The van der Waals surface area contributed by atoms with Crippen LogP contribution in [0.3, 0.4) is 0 Å². The lowest BCUT2D eigenvalue weighted by Gasteiger charge is -2.39. The van der Waals surface area contributed by atoms with Crippen LogP contribution in [0.4, 0.5) is 0 Å². The molecule has 0 radical (unpaired) electrons. The minimum atomic E-state index is 0.00704. The van der Waals surface area contributed by atoms with Gasteiger partial charge in [-0.3, -0.25) is 4.90 Å². The Hall–Kier alpha value is -1.48. The number of hydrogen-bond donors (Lipinski definition) is 1. The molecule has 4 rings (SSSR count). The molecule has 3 aromatic heterocycles. The summed E-state index contributed by atoms with van der Waals surface area (Å²) in [6, 6.07) is 4.19. The molecule has 1 aliphatic heterocycles. The number of thiazole rings is 1. The molecule has 1 N–H and O–H groups in total. The highest BCUT2D eigenvalue weighted by Gasteiger charge is 2.34. The molecule has 1 saturated heterocycles. The average Bonchev–Trinajstić information content (AvgIpc) is 3.20. The van der Waals surface area contributed by atoms with Gasteiger partial charge in [-0.1, -0.05) is 17.4 Å². The van der Waals surface area contributed by atoms with Crippen LogP contribution in [0.25, 0.3) is 4.96 Å². The monoisotopic (exact) mass is 364 g/mol. The third-order valence-corrected chi connectivity index (χ3v) is 6.18. The van der Waals surface area contributed by atoms with E-state index in [9.17, 15) is 5.11 Å². The number of ether oxygens (including phenoxy) is 1. The van der Waals surface area contributed by atoms with Crippen LogP contribution < -0.4 is 0 Å². The minimum Gasteiger partial charge on any atom is -0.492 e. The first-order valence-corrected chi connectivity index (χ1v) is 9.70. The van der Waals surface area contributed by atoms with Crippen molar-refractivity contribution in [3.63, 3.8) is 0 Å². The SMILES string of the molecule is Cc1nc2sc(C(c3cccs3)N3CC(C)OC(C)C3)c(O)n2n1. The van der Waals surface area contributed by atoms with Crippen molar-refractivity contribution in [3.05, 3.63) is 33.1 Å². The van der Waals surface area contributed by atoms with Gasteiger partial charge in [0.15, 0.2) is 0 Å². The minimum absolute atomic E-state index is 0.00704. The molecule has 0 aromatic carbocycles. The van der Waals surface area contributed by atoms with Crippen LogP contribution in [0.5, 0.6) is 5.88 Å². The van der Waals surface area contributed by atoms with E-state index in [0.29, 0.717) is 5.82 Å². The van der Waals surface area contributed by atoms with Crippen molar-refractivity contribution in [3.8, 4) is 5.88 Å². The van der Waals surface area contributed by atoms with Crippen LogP contribution in [-0.2, 0) is 4.74 Å². The smallest absolute Gasteiger partial charge is 0.230 e. The summed E-state index contributed by atoms with van der Waals surface area (Å²) >= 11 is 3.22. The number of thiophene rings is 1. The lowest BCUT2D eigenvalue weighted by molar-refractivity contribution is -0.0761. The highest BCUT2D eigenvalue weighted by molar-refractivity contribution is 7.17. The third kappa shape index (κ3) is 2.73. The van der Waals surface area contributed by atoms with Crippen LogP contribution in [0.2, 0.25) is 0 Å². The van der Waals surface area contributed by atoms with E-state index >= 15 is 0 Å². The number of morpholine rings is 1. The van der Waals surface area contributed by atoms with Gasteiger partial charge in [-0.2, -0.15) is 4.52 Å². The molecule has 4 heterocycles. The van der Waals surface area contributed by atoms with Crippen molar-refractivity contribution in [2.24, 2.45) is 0 Å². The van der Waals surface area contributed by atoms with E-state index in [1.54, 1.807) is 15.9 Å². The zero-order valence-electron chi connectivity index (χ0n) is 13.8. The fourth-order valence-electron chi connectivity index (χ4n) is 3.38. The van der Waals surface area contributed by atoms with Gasteiger partial charge in [0.1, 0.15) is 5.82 Å². The highest BCUT2D eigenvalue weighted by atomic mass is 32.1. The molecule has 1 aliphatic rings. The number of nitrogens with zero attached hydrogens (tertiary/aromatic N) is 4. The van der Waals surface area contributed by atoms with Gasteiger partial charge in [0, 0.05) is 18.0 Å². The molecule has 6 nitrogen and oxygen atoms in total. The summed E-state index contributed by atoms with van der Waals surface area (Å²) in [5.74, 6) is 0.866. The number of aromatic hydroxyl groups is 1. The lowest BCUT2D eigenvalue weighted by atomic mass is 10.1. The predicted molar refractivity (Wildman–Crippen MR) is 95.0 cm³/mol. The standard InChI is InChI=1S/C16H20N4O2S2/c1-9-7-19(8-10(2)22-9)13(12-5-4-6-23-12)14-15(21)20-16(24-14)17-11(3)18-20/h4-6,9-10,13,21H,7-8H2,1-3H3. The third-order valence-electron chi connectivity index (χ3n) is 4.18. The molecule has 0 amide bonds. The van der Waals surface area contributed by atoms with E-state index in [1.165, 1.54) is 16.2 Å². The van der Waals surface area contributed by atoms with Crippen molar-refractivity contribution in [2.45, 2.75) is 39.0 Å². The van der Waals surface area contributed by atoms with Gasteiger partial charge in [0.25, 0.3) is 0 Å². The maximum atomic E-state index is 10.8. The van der Waals surface area contributed by atoms with Gasteiger partial charge < -0.3 is 9.84 Å². The molecule has 0 saturated carbocycles. The van der Waals surface area contributed by atoms with Crippen molar-refractivity contribution >= 4 is 27.6 Å². The normalized spacial score (nSPS) is 23.8. The van der Waals surface area contributed by atoms with Crippen molar-refractivity contribution in [1.29, 1.82) is 0 Å². The summed E-state index contributed by atoms with van der Waals surface area (Å²) < 4.78 is 7.43. The van der Waals surface area contributed by atoms with Crippen LogP contribution in [-0.4, -0.2) is 49.9 Å². The largest absolute Gasteiger partial charge is 0.492 e. The van der Waals surface area contributed by atoms with Gasteiger partial charge >= 0.3 is 0 Å². The summed E-state index contributed by atoms with van der Waals surface area (Å²) in [5, 5.41) is 17.1. The number of fused-ring (bicyclic) bond motifs is 1.